The lowest BCUT2D eigenvalue weighted by molar-refractivity contribution is -0.118. The molecule has 0 rings (SSSR count). The van der Waals surface area contributed by atoms with Gasteiger partial charge in [-0.25, -0.2) is 0 Å². The molecule has 0 radical (unpaired) electrons. The third kappa shape index (κ3) is 21.1. The van der Waals surface area contributed by atoms with Gasteiger partial charge >= 0.3 is 0 Å². The molecule has 25 heavy (non-hydrogen) atoms. The smallest absolute Gasteiger partial charge is 0.216 e. The SMILES string of the molecule is CCCCCCC/C=C\CCCCCCCC(O)CCCNC(C)=O. The van der Waals surface area contributed by atoms with E-state index in [9.17, 15) is 9.90 Å². The molecule has 3 heteroatoms. The number of carbonyl (C=O) groups is 1. The number of unbranched alkanes of at least 4 members (excludes halogenated alkanes) is 10. The number of rotatable bonds is 18. The van der Waals surface area contributed by atoms with Crippen molar-refractivity contribution >= 4 is 5.91 Å². The molecule has 0 aromatic heterocycles. The Kier molecular flexibility index (Phi) is 18.8. The van der Waals surface area contributed by atoms with Gasteiger partial charge in [0.25, 0.3) is 0 Å². The summed E-state index contributed by atoms with van der Waals surface area (Å²) in [6.45, 7) is 4.47. The fraction of sp³-hybridized carbons (Fsp3) is 0.864. The first-order valence-electron chi connectivity index (χ1n) is 10.7. The summed E-state index contributed by atoms with van der Waals surface area (Å²) in [6, 6.07) is 0. The van der Waals surface area contributed by atoms with Crippen LogP contribution >= 0.6 is 0 Å². The summed E-state index contributed by atoms with van der Waals surface area (Å²) in [5, 5.41) is 12.6. The summed E-state index contributed by atoms with van der Waals surface area (Å²) < 4.78 is 0. The molecule has 0 aliphatic rings. The molecule has 0 aliphatic carbocycles. The molecule has 2 N–H and O–H groups in total. The highest BCUT2D eigenvalue weighted by Crippen LogP contribution is 2.12. The first kappa shape index (κ1) is 24.2. The largest absolute Gasteiger partial charge is 0.393 e. The van der Waals surface area contributed by atoms with E-state index < -0.39 is 0 Å². The van der Waals surface area contributed by atoms with Crippen LogP contribution in [0.2, 0.25) is 0 Å². The number of nitrogens with one attached hydrogen (secondary N) is 1. The second-order valence-electron chi connectivity index (χ2n) is 7.30. The summed E-state index contributed by atoms with van der Waals surface area (Å²) in [7, 11) is 0. The molecular formula is C22H43NO2. The Bertz CT molecular complexity index is 315. The van der Waals surface area contributed by atoms with Gasteiger partial charge in [0.2, 0.25) is 5.91 Å². The number of allylic oxidation sites excluding steroid dienone is 2. The second-order valence-corrected chi connectivity index (χ2v) is 7.30. The number of carbonyl (C=O) groups excluding carboxylic acids is 1. The van der Waals surface area contributed by atoms with Gasteiger partial charge < -0.3 is 10.4 Å². The predicted molar refractivity (Wildman–Crippen MR) is 109 cm³/mol. The zero-order chi connectivity index (χ0) is 18.6. The van der Waals surface area contributed by atoms with Crippen LogP contribution in [0.25, 0.3) is 0 Å². The molecule has 0 aromatic carbocycles. The van der Waals surface area contributed by atoms with E-state index in [1.807, 2.05) is 0 Å². The molecule has 0 aromatic rings. The van der Waals surface area contributed by atoms with Crippen LogP contribution in [0.5, 0.6) is 0 Å². The Morgan fingerprint density at radius 2 is 1.36 bits per heavy atom. The van der Waals surface area contributed by atoms with Gasteiger partial charge in [-0.15, -0.1) is 0 Å². The number of hydrogen-bond donors (Lipinski definition) is 2. The van der Waals surface area contributed by atoms with Gasteiger partial charge in [-0.3, -0.25) is 4.79 Å². The van der Waals surface area contributed by atoms with E-state index in [1.165, 1.54) is 77.6 Å². The predicted octanol–water partition coefficient (Wildman–Crippen LogP) is 5.91. The molecule has 0 fully saturated rings. The first-order valence-corrected chi connectivity index (χ1v) is 10.7. The number of aliphatic hydroxyl groups is 1. The molecule has 0 saturated heterocycles. The lowest BCUT2D eigenvalue weighted by atomic mass is 10.0. The van der Waals surface area contributed by atoms with E-state index in [0.717, 1.165) is 25.7 Å². The van der Waals surface area contributed by atoms with Gasteiger partial charge in [0.1, 0.15) is 0 Å². The molecule has 1 atom stereocenters. The van der Waals surface area contributed by atoms with Gasteiger partial charge in [-0.05, 0) is 44.9 Å². The van der Waals surface area contributed by atoms with E-state index in [0.29, 0.717) is 6.54 Å². The van der Waals surface area contributed by atoms with Crippen LogP contribution in [0, 0.1) is 0 Å². The minimum absolute atomic E-state index is 0.0105. The van der Waals surface area contributed by atoms with E-state index in [4.69, 9.17) is 0 Å². The summed E-state index contributed by atoms with van der Waals surface area (Å²) in [6.07, 6.45) is 22.6. The Hall–Kier alpha value is -0.830. The van der Waals surface area contributed by atoms with E-state index in [-0.39, 0.29) is 12.0 Å². The third-order valence-electron chi connectivity index (χ3n) is 4.64. The average molecular weight is 354 g/mol. The van der Waals surface area contributed by atoms with Gasteiger partial charge in [-0.2, -0.15) is 0 Å². The van der Waals surface area contributed by atoms with Crippen molar-refractivity contribution in [2.24, 2.45) is 0 Å². The van der Waals surface area contributed by atoms with Crippen molar-refractivity contribution in [3.05, 3.63) is 12.2 Å². The third-order valence-corrected chi connectivity index (χ3v) is 4.64. The van der Waals surface area contributed by atoms with Crippen molar-refractivity contribution in [1.29, 1.82) is 0 Å². The van der Waals surface area contributed by atoms with E-state index >= 15 is 0 Å². The molecule has 0 aliphatic heterocycles. The van der Waals surface area contributed by atoms with Gasteiger partial charge in [0, 0.05) is 13.5 Å². The van der Waals surface area contributed by atoms with E-state index in [2.05, 4.69) is 24.4 Å². The van der Waals surface area contributed by atoms with Crippen molar-refractivity contribution in [3.8, 4) is 0 Å². The molecule has 0 bridgehead atoms. The maximum absolute atomic E-state index is 10.7. The molecule has 1 amide bonds. The molecule has 0 saturated carbocycles. The summed E-state index contributed by atoms with van der Waals surface area (Å²) in [5.74, 6) is 0.0105. The quantitative estimate of drug-likeness (QED) is 0.238. The van der Waals surface area contributed by atoms with Crippen LogP contribution in [-0.2, 0) is 4.79 Å². The summed E-state index contributed by atoms with van der Waals surface area (Å²) >= 11 is 0. The van der Waals surface area contributed by atoms with Crippen LogP contribution in [0.4, 0.5) is 0 Å². The van der Waals surface area contributed by atoms with Crippen molar-refractivity contribution in [3.63, 3.8) is 0 Å². The second kappa shape index (κ2) is 19.5. The van der Waals surface area contributed by atoms with Crippen molar-refractivity contribution in [2.75, 3.05) is 6.54 Å². The zero-order valence-electron chi connectivity index (χ0n) is 16.9. The highest BCUT2D eigenvalue weighted by Gasteiger charge is 2.03. The van der Waals surface area contributed by atoms with Gasteiger partial charge in [-0.1, -0.05) is 70.4 Å². The Morgan fingerprint density at radius 3 is 1.96 bits per heavy atom. The molecule has 0 heterocycles. The number of aliphatic hydroxyl groups excluding tert-OH is 1. The van der Waals surface area contributed by atoms with Crippen LogP contribution in [0.1, 0.15) is 110 Å². The molecular weight excluding hydrogens is 310 g/mol. The van der Waals surface area contributed by atoms with Crippen molar-refractivity contribution in [1.82, 2.24) is 5.32 Å². The lowest BCUT2D eigenvalue weighted by Gasteiger charge is -2.10. The molecule has 0 spiro atoms. The molecule has 3 nitrogen and oxygen atoms in total. The van der Waals surface area contributed by atoms with Crippen LogP contribution in [0.3, 0.4) is 0 Å². The highest BCUT2D eigenvalue weighted by molar-refractivity contribution is 5.72. The lowest BCUT2D eigenvalue weighted by Crippen LogP contribution is -2.22. The average Bonchev–Trinajstić information content (AvgIpc) is 2.59. The monoisotopic (exact) mass is 353 g/mol. The van der Waals surface area contributed by atoms with Crippen LogP contribution in [-0.4, -0.2) is 23.7 Å². The summed E-state index contributed by atoms with van der Waals surface area (Å²) in [4.78, 5) is 10.7. The maximum atomic E-state index is 10.7. The summed E-state index contributed by atoms with van der Waals surface area (Å²) in [5.41, 5.74) is 0. The first-order chi connectivity index (χ1) is 12.2. The van der Waals surface area contributed by atoms with E-state index in [1.54, 1.807) is 0 Å². The highest BCUT2D eigenvalue weighted by atomic mass is 16.3. The van der Waals surface area contributed by atoms with Crippen LogP contribution < -0.4 is 5.32 Å². The number of hydrogen-bond acceptors (Lipinski definition) is 2. The normalized spacial score (nSPS) is 12.6. The Balaban J connectivity index is 3.21. The molecule has 148 valence electrons. The minimum Gasteiger partial charge on any atom is -0.393 e. The van der Waals surface area contributed by atoms with Crippen LogP contribution in [0.15, 0.2) is 12.2 Å². The Morgan fingerprint density at radius 1 is 0.840 bits per heavy atom. The van der Waals surface area contributed by atoms with Gasteiger partial charge in [0.05, 0.1) is 6.10 Å². The topological polar surface area (TPSA) is 49.3 Å². The standard InChI is InChI=1S/C22H43NO2/c1-3-4-5-6-7-8-9-10-11-12-13-14-15-16-18-22(25)19-17-20-23-21(2)24/h9-10,22,25H,3-8,11-20H2,1-2H3,(H,23,24)/b10-9-. The Labute approximate surface area is 156 Å². The fourth-order valence-electron chi connectivity index (χ4n) is 3.02. The van der Waals surface area contributed by atoms with Gasteiger partial charge in [0.15, 0.2) is 0 Å². The fourth-order valence-corrected chi connectivity index (χ4v) is 3.02. The number of amides is 1. The molecule has 1 unspecified atom stereocenters. The van der Waals surface area contributed by atoms with Crippen molar-refractivity contribution in [2.45, 2.75) is 116 Å². The zero-order valence-corrected chi connectivity index (χ0v) is 16.9. The minimum atomic E-state index is -0.200. The maximum Gasteiger partial charge on any atom is 0.216 e. The van der Waals surface area contributed by atoms with Crippen molar-refractivity contribution < 1.29 is 9.90 Å².